The van der Waals surface area contributed by atoms with E-state index in [0.29, 0.717) is 18.0 Å². The summed E-state index contributed by atoms with van der Waals surface area (Å²) in [5.74, 6) is -0.506. The molecule has 0 bridgehead atoms. The normalized spacial score (nSPS) is 11.2. The maximum Gasteiger partial charge on any atom is 0.417 e. The molecule has 8 nitrogen and oxygen atoms in total. The number of alkyl halides is 3. The van der Waals surface area contributed by atoms with Crippen molar-refractivity contribution in [3.63, 3.8) is 0 Å². The van der Waals surface area contributed by atoms with Crippen molar-refractivity contribution in [3.05, 3.63) is 69.6 Å². The first-order valence-electron chi connectivity index (χ1n) is 7.96. The van der Waals surface area contributed by atoms with Crippen molar-refractivity contribution < 1.29 is 18.1 Å². The second-order valence-corrected chi connectivity index (χ2v) is 6.13. The van der Waals surface area contributed by atoms with Crippen LogP contribution in [-0.2, 0) is 6.18 Å². The van der Waals surface area contributed by atoms with Crippen molar-refractivity contribution in [2.24, 2.45) is 0 Å². The molecule has 12 heteroatoms. The predicted octanol–water partition coefficient (Wildman–Crippen LogP) is 4.96. The highest BCUT2D eigenvalue weighted by Crippen LogP contribution is 2.38. The Bertz CT molecular complexity index is 1050. The van der Waals surface area contributed by atoms with Crippen molar-refractivity contribution in [1.29, 1.82) is 0 Å². The van der Waals surface area contributed by atoms with Crippen molar-refractivity contribution in [2.75, 3.05) is 17.3 Å². The average Bonchev–Trinajstić information content (AvgIpc) is 2.68. The summed E-state index contributed by atoms with van der Waals surface area (Å²) in [4.78, 5) is 23.9. The molecule has 1 N–H and O–H groups in total. The zero-order valence-corrected chi connectivity index (χ0v) is 15.4. The Morgan fingerprint density at radius 1 is 1.14 bits per heavy atom. The monoisotopic (exact) mass is 424 g/mol. The molecule has 0 aliphatic carbocycles. The number of nitro groups is 1. The Morgan fingerprint density at radius 2 is 1.83 bits per heavy atom. The summed E-state index contributed by atoms with van der Waals surface area (Å²) in [6, 6.07) is 9.42. The van der Waals surface area contributed by atoms with Gasteiger partial charge in [-0.05, 0) is 18.2 Å². The van der Waals surface area contributed by atoms with Gasteiger partial charge in [-0.2, -0.15) is 13.2 Å². The minimum Gasteiger partial charge on any atom is -0.324 e. The molecule has 3 aromatic rings. The van der Waals surface area contributed by atoms with Gasteiger partial charge in [0.2, 0.25) is 11.6 Å². The number of nitrogens with one attached hydrogen (secondary N) is 1. The zero-order valence-electron chi connectivity index (χ0n) is 14.7. The first-order chi connectivity index (χ1) is 13.7. The smallest absolute Gasteiger partial charge is 0.324 e. The van der Waals surface area contributed by atoms with Crippen LogP contribution >= 0.6 is 11.6 Å². The summed E-state index contributed by atoms with van der Waals surface area (Å²) in [6.07, 6.45) is -2.97. The van der Waals surface area contributed by atoms with Crippen LogP contribution in [0, 0.1) is 10.1 Å². The number of hydrogen-bond donors (Lipinski definition) is 1. The lowest BCUT2D eigenvalue weighted by molar-refractivity contribution is -0.383. The molecule has 0 aliphatic heterocycles. The number of halogens is 4. The van der Waals surface area contributed by atoms with Gasteiger partial charge in [0.1, 0.15) is 6.33 Å². The number of para-hydroxylation sites is 1. The third-order valence-corrected chi connectivity index (χ3v) is 4.14. The van der Waals surface area contributed by atoms with Gasteiger partial charge in [-0.1, -0.05) is 29.8 Å². The number of rotatable bonds is 5. The zero-order chi connectivity index (χ0) is 21.2. The first-order valence-corrected chi connectivity index (χ1v) is 8.34. The van der Waals surface area contributed by atoms with E-state index in [9.17, 15) is 23.3 Å². The van der Waals surface area contributed by atoms with Crippen LogP contribution in [0.4, 0.5) is 42.0 Å². The number of benzene rings is 1. The number of anilines is 4. The van der Waals surface area contributed by atoms with Gasteiger partial charge >= 0.3 is 11.9 Å². The summed E-state index contributed by atoms with van der Waals surface area (Å²) in [5, 5.41) is 13.8. The average molecular weight is 425 g/mol. The van der Waals surface area contributed by atoms with E-state index in [1.54, 1.807) is 37.4 Å². The maximum absolute atomic E-state index is 12.8. The highest BCUT2D eigenvalue weighted by molar-refractivity contribution is 6.33. The van der Waals surface area contributed by atoms with Crippen LogP contribution < -0.4 is 10.2 Å². The number of hydrogen-bond acceptors (Lipinski definition) is 7. The van der Waals surface area contributed by atoms with Crippen LogP contribution in [0.5, 0.6) is 0 Å². The Balaban J connectivity index is 2.02. The molecular formula is C17H12ClF3N6O2. The summed E-state index contributed by atoms with van der Waals surface area (Å²) >= 11 is 5.87. The van der Waals surface area contributed by atoms with Gasteiger partial charge in [0, 0.05) is 18.9 Å². The lowest BCUT2D eigenvalue weighted by Gasteiger charge is -2.19. The Hall–Kier alpha value is -3.47. The predicted molar refractivity (Wildman–Crippen MR) is 101 cm³/mol. The van der Waals surface area contributed by atoms with Gasteiger partial charge < -0.3 is 10.2 Å². The molecule has 0 amide bonds. The standard InChI is InChI=1S/C17H12ClF3N6O2/c1-26(11-5-3-2-4-6-11)16-13(27(28)29)15(23-9-24-16)25-14-12(18)7-10(8-22-14)17(19,20)21/h2-9H,1H3,(H,22,23,24,25). The van der Waals surface area contributed by atoms with Gasteiger partial charge in [-0.3, -0.25) is 10.1 Å². The van der Waals surface area contributed by atoms with E-state index < -0.39 is 22.4 Å². The second kappa shape index (κ2) is 7.87. The third kappa shape index (κ3) is 4.35. The number of nitrogens with zero attached hydrogens (tertiary/aromatic N) is 5. The maximum atomic E-state index is 12.8. The molecule has 1 aromatic carbocycles. The molecule has 3 rings (SSSR count). The SMILES string of the molecule is CN(c1ccccc1)c1ncnc(Nc2ncc(C(F)(F)F)cc2Cl)c1[N+](=O)[O-]. The molecular weight excluding hydrogens is 413 g/mol. The topological polar surface area (TPSA) is 97.1 Å². The van der Waals surface area contributed by atoms with E-state index in [-0.39, 0.29) is 22.5 Å². The van der Waals surface area contributed by atoms with E-state index in [1.807, 2.05) is 0 Å². The molecule has 0 unspecified atom stereocenters. The second-order valence-electron chi connectivity index (χ2n) is 5.72. The van der Waals surface area contributed by atoms with Gasteiger partial charge in [0.15, 0.2) is 5.82 Å². The summed E-state index contributed by atoms with van der Waals surface area (Å²) < 4.78 is 38.3. The third-order valence-electron chi connectivity index (χ3n) is 3.85. The molecule has 2 aromatic heterocycles. The molecule has 0 spiro atoms. The lowest BCUT2D eigenvalue weighted by Crippen LogP contribution is -2.15. The fraction of sp³-hybridized carbons (Fsp3) is 0.118. The van der Waals surface area contributed by atoms with Gasteiger partial charge in [0.05, 0.1) is 15.5 Å². The number of aromatic nitrogens is 3. The summed E-state index contributed by atoms with van der Waals surface area (Å²) in [7, 11) is 1.58. The van der Waals surface area contributed by atoms with E-state index in [0.717, 1.165) is 6.33 Å². The molecule has 29 heavy (non-hydrogen) atoms. The van der Waals surface area contributed by atoms with E-state index in [1.165, 1.54) is 4.90 Å². The Morgan fingerprint density at radius 3 is 2.41 bits per heavy atom. The number of pyridine rings is 1. The van der Waals surface area contributed by atoms with Crippen LogP contribution in [-0.4, -0.2) is 26.9 Å². The molecule has 0 saturated carbocycles. The van der Waals surface area contributed by atoms with Gasteiger partial charge in [-0.25, -0.2) is 15.0 Å². The lowest BCUT2D eigenvalue weighted by atomic mass is 10.2. The Labute approximate surface area is 167 Å². The van der Waals surface area contributed by atoms with Gasteiger partial charge in [-0.15, -0.1) is 0 Å². The van der Waals surface area contributed by atoms with Gasteiger partial charge in [0.25, 0.3) is 0 Å². The fourth-order valence-corrected chi connectivity index (χ4v) is 2.66. The quantitative estimate of drug-likeness (QED) is 0.456. The molecule has 0 saturated heterocycles. The van der Waals surface area contributed by atoms with Crippen LogP contribution in [0.3, 0.4) is 0 Å². The minimum absolute atomic E-state index is 0.0262. The first kappa shape index (κ1) is 20.3. The molecule has 150 valence electrons. The molecule has 0 radical (unpaired) electrons. The molecule has 2 heterocycles. The molecule has 0 aliphatic rings. The van der Waals surface area contributed by atoms with Crippen molar-refractivity contribution in [2.45, 2.75) is 6.18 Å². The van der Waals surface area contributed by atoms with Crippen LogP contribution in [0.15, 0.2) is 48.9 Å². The van der Waals surface area contributed by atoms with Crippen molar-refractivity contribution in [1.82, 2.24) is 15.0 Å². The summed E-state index contributed by atoms with van der Waals surface area (Å²) in [5.41, 5.74) is -0.905. The largest absolute Gasteiger partial charge is 0.417 e. The van der Waals surface area contributed by atoms with E-state index in [2.05, 4.69) is 20.3 Å². The Kier molecular flexibility index (Phi) is 5.50. The highest BCUT2D eigenvalue weighted by atomic mass is 35.5. The highest BCUT2D eigenvalue weighted by Gasteiger charge is 2.32. The molecule has 0 fully saturated rings. The minimum atomic E-state index is -4.62. The van der Waals surface area contributed by atoms with Crippen molar-refractivity contribution >= 4 is 40.4 Å². The van der Waals surface area contributed by atoms with Crippen LogP contribution in [0.2, 0.25) is 5.02 Å². The van der Waals surface area contributed by atoms with Crippen LogP contribution in [0.25, 0.3) is 0 Å². The fourth-order valence-electron chi connectivity index (χ4n) is 2.45. The van der Waals surface area contributed by atoms with E-state index >= 15 is 0 Å². The molecule has 0 atom stereocenters. The van der Waals surface area contributed by atoms with Crippen molar-refractivity contribution in [3.8, 4) is 0 Å². The summed E-state index contributed by atoms with van der Waals surface area (Å²) in [6.45, 7) is 0. The van der Waals surface area contributed by atoms with E-state index in [4.69, 9.17) is 11.6 Å². The van der Waals surface area contributed by atoms with Crippen LogP contribution in [0.1, 0.15) is 5.56 Å².